The zero-order chi connectivity index (χ0) is 15.4. The van der Waals surface area contributed by atoms with Crippen molar-refractivity contribution in [3.8, 4) is 0 Å². The molecule has 1 aliphatic rings. The molecule has 8 heteroatoms. The Morgan fingerprint density at radius 1 is 1.62 bits per heavy atom. The first-order valence-electron chi connectivity index (χ1n) is 6.38. The van der Waals surface area contributed by atoms with Crippen molar-refractivity contribution in [3.05, 3.63) is 34.1 Å². The van der Waals surface area contributed by atoms with Crippen molar-refractivity contribution in [2.24, 2.45) is 0 Å². The van der Waals surface area contributed by atoms with E-state index in [1.807, 2.05) is 0 Å². The number of morpholine rings is 1. The number of methoxy groups -OCH3 is 1. The number of hydrogen-bond donors (Lipinski definition) is 0. The molecule has 21 heavy (non-hydrogen) atoms. The van der Waals surface area contributed by atoms with Crippen LogP contribution in [0.25, 0.3) is 0 Å². The molecule has 0 saturated carbocycles. The predicted octanol–water partition coefficient (Wildman–Crippen LogP) is 1.50. The highest BCUT2D eigenvalue weighted by Gasteiger charge is 2.25. The number of halogens is 1. The van der Waals surface area contributed by atoms with E-state index < -0.39 is 16.7 Å². The lowest BCUT2D eigenvalue weighted by molar-refractivity contribution is -0.385. The molecule has 1 aromatic rings. The summed E-state index contributed by atoms with van der Waals surface area (Å²) < 4.78 is 24.0. The third-order valence-corrected chi connectivity index (χ3v) is 3.24. The third kappa shape index (κ3) is 3.66. The molecule has 0 bridgehead atoms. The number of hydrogen-bond acceptors (Lipinski definition) is 6. The molecular weight excluding hydrogens is 283 g/mol. The molecule has 1 unspecified atom stereocenters. The Hall–Kier alpha value is -2.22. The van der Waals surface area contributed by atoms with Crippen molar-refractivity contribution in [3.63, 3.8) is 0 Å². The minimum Gasteiger partial charge on any atom is -0.469 e. The van der Waals surface area contributed by atoms with Gasteiger partial charge in [0.15, 0.2) is 5.82 Å². The van der Waals surface area contributed by atoms with Gasteiger partial charge in [0.1, 0.15) is 0 Å². The van der Waals surface area contributed by atoms with E-state index >= 15 is 0 Å². The lowest BCUT2D eigenvalue weighted by Gasteiger charge is -2.34. The Kier molecular flexibility index (Phi) is 4.69. The van der Waals surface area contributed by atoms with Gasteiger partial charge in [0.25, 0.3) is 5.69 Å². The van der Waals surface area contributed by atoms with E-state index in [-0.39, 0.29) is 23.9 Å². The van der Waals surface area contributed by atoms with Crippen LogP contribution in [-0.4, -0.2) is 43.8 Å². The predicted molar refractivity (Wildman–Crippen MR) is 71.6 cm³/mol. The zero-order valence-electron chi connectivity index (χ0n) is 11.5. The van der Waals surface area contributed by atoms with Gasteiger partial charge < -0.3 is 14.4 Å². The number of anilines is 1. The smallest absolute Gasteiger partial charge is 0.308 e. The Balaban J connectivity index is 2.10. The van der Waals surface area contributed by atoms with Crippen LogP contribution in [-0.2, 0) is 14.3 Å². The molecule has 0 aromatic heterocycles. The fraction of sp³-hybridized carbons (Fsp3) is 0.462. The van der Waals surface area contributed by atoms with Gasteiger partial charge in [-0.2, -0.15) is 0 Å². The van der Waals surface area contributed by atoms with Crippen LogP contribution in [0.15, 0.2) is 18.2 Å². The van der Waals surface area contributed by atoms with Crippen LogP contribution >= 0.6 is 0 Å². The maximum atomic E-state index is 14.0. The Bertz CT molecular complexity index is 551. The van der Waals surface area contributed by atoms with Crippen LogP contribution in [0.4, 0.5) is 15.8 Å². The van der Waals surface area contributed by atoms with E-state index in [2.05, 4.69) is 4.74 Å². The van der Waals surface area contributed by atoms with Crippen molar-refractivity contribution in [2.45, 2.75) is 12.5 Å². The monoisotopic (exact) mass is 298 g/mol. The molecule has 1 aliphatic heterocycles. The van der Waals surface area contributed by atoms with Crippen molar-refractivity contribution in [1.29, 1.82) is 0 Å². The van der Waals surface area contributed by atoms with E-state index in [0.717, 1.165) is 6.07 Å². The number of nitrogens with zero attached hydrogens (tertiary/aromatic N) is 2. The number of non-ortho nitro benzene ring substituents is 1. The standard InChI is InChI=1S/C13H15FN2O5/c1-20-13(17)7-10-8-15(4-5-21-10)12-3-2-9(16(18)19)6-11(12)14/h2-3,6,10H,4-5,7-8H2,1H3. The van der Waals surface area contributed by atoms with Crippen molar-refractivity contribution >= 4 is 17.3 Å². The van der Waals surface area contributed by atoms with E-state index in [1.165, 1.54) is 19.2 Å². The number of rotatable bonds is 4. The molecule has 7 nitrogen and oxygen atoms in total. The van der Waals surface area contributed by atoms with Gasteiger partial charge in [0.2, 0.25) is 0 Å². The van der Waals surface area contributed by atoms with Gasteiger partial charge >= 0.3 is 5.97 Å². The Labute approximate surface area is 120 Å². The summed E-state index contributed by atoms with van der Waals surface area (Å²) in [7, 11) is 1.29. The third-order valence-electron chi connectivity index (χ3n) is 3.24. The van der Waals surface area contributed by atoms with Crippen LogP contribution in [0.5, 0.6) is 0 Å². The number of benzene rings is 1. The first kappa shape index (κ1) is 15.2. The summed E-state index contributed by atoms with van der Waals surface area (Å²) in [5.74, 6) is -1.06. The highest BCUT2D eigenvalue weighted by Crippen LogP contribution is 2.26. The topological polar surface area (TPSA) is 81.9 Å². The fourth-order valence-electron chi connectivity index (χ4n) is 2.20. The second kappa shape index (κ2) is 6.49. The molecule has 0 radical (unpaired) electrons. The molecule has 2 rings (SSSR count). The lowest BCUT2D eigenvalue weighted by Crippen LogP contribution is -2.43. The molecule has 114 valence electrons. The first-order chi connectivity index (χ1) is 10.0. The van der Waals surface area contributed by atoms with E-state index in [1.54, 1.807) is 4.90 Å². The summed E-state index contributed by atoms with van der Waals surface area (Å²) in [5, 5.41) is 10.6. The highest BCUT2D eigenvalue weighted by atomic mass is 19.1. The largest absolute Gasteiger partial charge is 0.469 e. The van der Waals surface area contributed by atoms with E-state index in [4.69, 9.17) is 4.74 Å². The van der Waals surface area contributed by atoms with Crippen LogP contribution < -0.4 is 4.90 Å². The molecule has 1 heterocycles. The molecule has 0 N–H and O–H groups in total. The summed E-state index contributed by atoms with van der Waals surface area (Å²) in [6, 6.07) is 3.51. The average molecular weight is 298 g/mol. The molecule has 1 aromatic carbocycles. The molecule has 1 saturated heterocycles. The molecule has 0 spiro atoms. The Morgan fingerprint density at radius 3 is 3.00 bits per heavy atom. The van der Waals surface area contributed by atoms with Crippen molar-refractivity contribution in [2.75, 3.05) is 31.7 Å². The number of carbonyl (C=O) groups is 1. The van der Waals surface area contributed by atoms with Gasteiger partial charge in [-0.05, 0) is 6.07 Å². The molecule has 1 fully saturated rings. The number of ether oxygens (including phenoxy) is 2. The molecule has 1 atom stereocenters. The van der Waals surface area contributed by atoms with Gasteiger partial charge in [0.05, 0.1) is 42.9 Å². The maximum absolute atomic E-state index is 14.0. The summed E-state index contributed by atoms with van der Waals surface area (Å²) in [5.41, 5.74) is -0.0330. The minimum atomic E-state index is -0.664. The zero-order valence-corrected chi connectivity index (χ0v) is 11.5. The minimum absolute atomic E-state index is 0.0849. The summed E-state index contributed by atoms with van der Waals surface area (Å²) in [6.07, 6.45) is -0.303. The lowest BCUT2D eigenvalue weighted by atomic mass is 10.1. The van der Waals surface area contributed by atoms with E-state index in [9.17, 15) is 19.3 Å². The van der Waals surface area contributed by atoms with Crippen LogP contribution in [0.3, 0.4) is 0 Å². The summed E-state index contributed by atoms with van der Waals surface area (Å²) >= 11 is 0. The van der Waals surface area contributed by atoms with Crippen LogP contribution in [0.2, 0.25) is 0 Å². The van der Waals surface area contributed by atoms with Crippen molar-refractivity contribution < 1.29 is 23.6 Å². The summed E-state index contributed by atoms with van der Waals surface area (Å²) in [4.78, 5) is 22.9. The van der Waals surface area contributed by atoms with Gasteiger partial charge in [-0.15, -0.1) is 0 Å². The van der Waals surface area contributed by atoms with Crippen molar-refractivity contribution in [1.82, 2.24) is 0 Å². The SMILES string of the molecule is COC(=O)CC1CN(c2ccc([N+](=O)[O-])cc2F)CCO1. The van der Waals surface area contributed by atoms with Crippen LogP contribution in [0.1, 0.15) is 6.42 Å². The van der Waals surface area contributed by atoms with Gasteiger partial charge in [-0.3, -0.25) is 14.9 Å². The highest BCUT2D eigenvalue weighted by molar-refractivity contribution is 5.70. The molecule has 0 aliphatic carbocycles. The second-order valence-corrected chi connectivity index (χ2v) is 4.61. The van der Waals surface area contributed by atoms with Crippen LogP contribution in [0, 0.1) is 15.9 Å². The normalized spacial score (nSPS) is 18.4. The number of nitro groups is 1. The number of nitro benzene ring substituents is 1. The van der Waals surface area contributed by atoms with Gasteiger partial charge in [0, 0.05) is 19.2 Å². The number of esters is 1. The average Bonchev–Trinajstić information content (AvgIpc) is 2.47. The molecular formula is C13H15FN2O5. The second-order valence-electron chi connectivity index (χ2n) is 4.61. The summed E-state index contributed by atoms with van der Waals surface area (Å²) in [6.45, 7) is 1.12. The Morgan fingerprint density at radius 2 is 2.38 bits per heavy atom. The van der Waals surface area contributed by atoms with Gasteiger partial charge in [-0.1, -0.05) is 0 Å². The first-order valence-corrected chi connectivity index (χ1v) is 6.38. The molecule has 0 amide bonds. The van der Waals surface area contributed by atoms with Gasteiger partial charge in [-0.25, -0.2) is 4.39 Å². The van der Waals surface area contributed by atoms with E-state index in [0.29, 0.717) is 19.7 Å². The quantitative estimate of drug-likeness (QED) is 0.476. The number of carbonyl (C=O) groups excluding carboxylic acids is 1. The fourth-order valence-corrected chi connectivity index (χ4v) is 2.20. The maximum Gasteiger partial charge on any atom is 0.308 e.